The topological polar surface area (TPSA) is 44.9 Å². The fourth-order valence-corrected chi connectivity index (χ4v) is 2.91. The lowest BCUT2D eigenvalue weighted by Gasteiger charge is -2.05. The normalized spacial score (nSPS) is 11.0. The van der Waals surface area contributed by atoms with E-state index >= 15 is 0 Å². The summed E-state index contributed by atoms with van der Waals surface area (Å²) in [5, 5.41) is 5.28. The Morgan fingerprint density at radius 3 is 2.43 bits per heavy atom. The molecule has 0 radical (unpaired) electrons. The summed E-state index contributed by atoms with van der Waals surface area (Å²) >= 11 is 0. The number of hydrogen-bond donors (Lipinski definition) is 2. The van der Waals surface area contributed by atoms with Crippen LogP contribution in [0.1, 0.15) is 5.56 Å². The number of H-pyrrole nitrogens is 1. The number of aromatic amines is 1. The third kappa shape index (κ3) is 2.69. The van der Waals surface area contributed by atoms with Gasteiger partial charge in [-0.15, -0.1) is 0 Å². The second-order valence-electron chi connectivity index (χ2n) is 5.64. The summed E-state index contributed by atoms with van der Waals surface area (Å²) in [6.07, 6.45) is 0.382. The van der Waals surface area contributed by atoms with Crippen molar-refractivity contribution >= 4 is 33.4 Å². The molecule has 112 valence electrons. The second-order valence-corrected chi connectivity index (χ2v) is 5.64. The smallest absolute Gasteiger partial charge is 0.228 e. The molecule has 0 aliphatic carbocycles. The SMILES string of the molecule is O=C(Cc1ccccc1)Nc1ccc2[nH]c3ccccc3c2c1. The number of carbonyl (C=O) groups is 1. The first-order chi connectivity index (χ1) is 11.3. The molecule has 0 aliphatic rings. The molecule has 23 heavy (non-hydrogen) atoms. The maximum absolute atomic E-state index is 12.2. The van der Waals surface area contributed by atoms with Gasteiger partial charge in [0, 0.05) is 27.5 Å². The van der Waals surface area contributed by atoms with Crippen molar-refractivity contribution in [3.63, 3.8) is 0 Å². The predicted octanol–water partition coefficient (Wildman–Crippen LogP) is 4.50. The molecule has 2 N–H and O–H groups in total. The van der Waals surface area contributed by atoms with Crippen LogP contribution in [0, 0.1) is 0 Å². The summed E-state index contributed by atoms with van der Waals surface area (Å²) in [5.41, 5.74) is 4.02. The number of aromatic nitrogens is 1. The molecule has 0 spiro atoms. The van der Waals surface area contributed by atoms with E-state index in [-0.39, 0.29) is 5.91 Å². The van der Waals surface area contributed by atoms with Crippen LogP contribution >= 0.6 is 0 Å². The Morgan fingerprint density at radius 1 is 0.826 bits per heavy atom. The van der Waals surface area contributed by atoms with Crippen LogP contribution in [0.3, 0.4) is 0 Å². The van der Waals surface area contributed by atoms with Crippen molar-refractivity contribution in [2.24, 2.45) is 0 Å². The minimum Gasteiger partial charge on any atom is -0.355 e. The first-order valence-corrected chi connectivity index (χ1v) is 7.64. The van der Waals surface area contributed by atoms with Crippen LogP contribution < -0.4 is 5.32 Å². The average Bonchev–Trinajstić information content (AvgIpc) is 2.94. The summed E-state index contributed by atoms with van der Waals surface area (Å²) in [6, 6.07) is 23.9. The molecule has 0 unspecified atom stereocenters. The zero-order chi connectivity index (χ0) is 15.6. The predicted molar refractivity (Wildman–Crippen MR) is 94.6 cm³/mol. The lowest BCUT2D eigenvalue weighted by Crippen LogP contribution is -2.14. The number of rotatable bonds is 3. The third-order valence-electron chi connectivity index (χ3n) is 4.00. The highest BCUT2D eigenvalue weighted by molar-refractivity contribution is 6.09. The number of fused-ring (bicyclic) bond motifs is 3. The lowest BCUT2D eigenvalue weighted by atomic mass is 10.1. The number of nitrogens with one attached hydrogen (secondary N) is 2. The van der Waals surface area contributed by atoms with E-state index in [4.69, 9.17) is 0 Å². The second kappa shape index (κ2) is 5.61. The summed E-state index contributed by atoms with van der Waals surface area (Å²) < 4.78 is 0. The zero-order valence-electron chi connectivity index (χ0n) is 12.5. The molecule has 4 rings (SSSR count). The zero-order valence-corrected chi connectivity index (χ0v) is 12.5. The molecule has 3 nitrogen and oxygen atoms in total. The van der Waals surface area contributed by atoms with E-state index in [2.05, 4.69) is 22.4 Å². The molecule has 0 atom stereocenters. The van der Waals surface area contributed by atoms with Gasteiger partial charge in [-0.3, -0.25) is 4.79 Å². The minimum absolute atomic E-state index is 0.00427. The van der Waals surface area contributed by atoms with Crippen LogP contribution in [0.5, 0.6) is 0 Å². The maximum Gasteiger partial charge on any atom is 0.228 e. The van der Waals surface area contributed by atoms with E-state index in [0.29, 0.717) is 6.42 Å². The standard InChI is InChI=1S/C20H16N2O/c23-20(12-14-6-2-1-3-7-14)21-15-10-11-19-17(13-15)16-8-4-5-9-18(16)22-19/h1-11,13,22H,12H2,(H,21,23). The minimum atomic E-state index is -0.00427. The van der Waals surface area contributed by atoms with Gasteiger partial charge in [-0.05, 0) is 29.8 Å². The van der Waals surface area contributed by atoms with Crippen molar-refractivity contribution in [1.82, 2.24) is 4.98 Å². The van der Waals surface area contributed by atoms with Crippen molar-refractivity contribution in [3.05, 3.63) is 78.4 Å². The summed E-state index contributed by atoms with van der Waals surface area (Å²) in [6.45, 7) is 0. The van der Waals surface area contributed by atoms with E-state index in [1.54, 1.807) is 0 Å². The van der Waals surface area contributed by atoms with Gasteiger partial charge in [0.05, 0.1) is 6.42 Å². The van der Waals surface area contributed by atoms with Gasteiger partial charge in [-0.25, -0.2) is 0 Å². The molecule has 3 aromatic carbocycles. The quantitative estimate of drug-likeness (QED) is 0.575. The fraction of sp³-hybridized carbons (Fsp3) is 0.0500. The number of hydrogen-bond acceptors (Lipinski definition) is 1. The molecule has 1 amide bonds. The van der Waals surface area contributed by atoms with Crippen molar-refractivity contribution in [3.8, 4) is 0 Å². The molecular weight excluding hydrogens is 284 g/mol. The third-order valence-corrected chi connectivity index (χ3v) is 4.00. The highest BCUT2D eigenvalue weighted by atomic mass is 16.1. The van der Waals surface area contributed by atoms with Gasteiger partial charge < -0.3 is 10.3 Å². The molecule has 4 aromatic rings. The van der Waals surface area contributed by atoms with Crippen LogP contribution in [0.25, 0.3) is 21.8 Å². The van der Waals surface area contributed by atoms with Gasteiger partial charge in [-0.1, -0.05) is 48.5 Å². The summed E-state index contributed by atoms with van der Waals surface area (Å²) in [7, 11) is 0. The maximum atomic E-state index is 12.2. The number of benzene rings is 3. The van der Waals surface area contributed by atoms with Crippen molar-refractivity contribution in [2.75, 3.05) is 5.32 Å². The van der Waals surface area contributed by atoms with Crippen molar-refractivity contribution < 1.29 is 4.79 Å². The van der Waals surface area contributed by atoms with Crippen LogP contribution in [-0.4, -0.2) is 10.9 Å². The Bertz CT molecular complexity index is 986. The Hall–Kier alpha value is -3.07. The van der Waals surface area contributed by atoms with E-state index in [9.17, 15) is 4.79 Å². The van der Waals surface area contributed by atoms with Gasteiger partial charge >= 0.3 is 0 Å². The number of para-hydroxylation sites is 1. The molecule has 0 bridgehead atoms. The largest absolute Gasteiger partial charge is 0.355 e. The van der Waals surface area contributed by atoms with Gasteiger partial charge in [0.15, 0.2) is 0 Å². The molecule has 0 saturated carbocycles. The highest BCUT2D eigenvalue weighted by Crippen LogP contribution is 2.27. The van der Waals surface area contributed by atoms with E-state index < -0.39 is 0 Å². The van der Waals surface area contributed by atoms with Crippen LogP contribution in [-0.2, 0) is 11.2 Å². The average molecular weight is 300 g/mol. The van der Waals surface area contributed by atoms with E-state index in [1.165, 1.54) is 5.39 Å². The molecule has 1 aromatic heterocycles. The first kappa shape index (κ1) is 13.6. The molecule has 0 fully saturated rings. The van der Waals surface area contributed by atoms with Crippen LogP contribution in [0.15, 0.2) is 72.8 Å². The molecular formula is C20H16N2O. The molecule has 1 heterocycles. The highest BCUT2D eigenvalue weighted by Gasteiger charge is 2.07. The Balaban J connectivity index is 1.61. The number of amides is 1. The van der Waals surface area contributed by atoms with E-state index in [1.807, 2.05) is 60.7 Å². The first-order valence-electron chi connectivity index (χ1n) is 7.64. The Morgan fingerprint density at radius 2 is 1.57 bits per heavy atom. The Labute approximate surface area is 134 Å². The van der Waals surface area contributed by atoms with Crippen LogP contribution in [0.4, 0.5) is 5.69 Å². The van der Waals surface area contributed by atoms with Gasteiger partial charge in [0.1, 0.15) is 0 Å². The number of carbonyl (C=O) groups excluding carboxylic acids is 1. The lowest BCUT2D eigenvalue weighted by molar-refractivity contribution is -0.115. The molecule has 0 saturated heterocycles. The van der Waals surface area contributed by atoms with E-state index in [0.717, 1.165) is 27.7 Å². The van der Waals surface area contributed by atoms with Crippen LogP contribution in [0.2, 0.25) is 0 Å². The van der Waals surface area contributed by atoms with Gasteiger partial charge in [0.25, 0.3) is 0 Å². The molecule has 3 heteroatoms. The Kier molecular flexibility index (Phi) is 3.31. The van der Waals surface area contributed by atoms with Gasteiger partial charge in [-0.2, -0.15) is 0 Å². The molecule has 0 aliphatic heterocycles. The van der Waals surface area contributed by atoms with Crippen molar-refractivity contribution in [1.29, 1.82) is 0 Å². The van der Waals surface area contributed by atoms with Gasteiger partial charge in [0.2, 0.25) is 5.91 Å². The summed E-state index contributed by atoms with van der Waals surface area (Å²) in [4.78, 5) is 15.6. The number of anilines is 1. The summed E-state index contributed by atoms with van der Waals surface area (Å²) in [5.74, 6) is -0.00427. The van der Waals surface area contributed by atoms with Crippen molar-refractivity contribution in [2.45, 2.75) is 6.42 Å². The fourth-order valence-electron chi connectivity index (χ4n) is 2.91. The monoisotopic (exact) mass is 300 g/mol.